The van der Waals surface area contributed by atoms with E-state index in [0.29, 0.717) is 0 Å². The van der Waals surface area contributed by atoms with E-state index in [9.17, 15) is 0 Å². The van der Waals surface area contributed by atoms with Crippen LogP contribution in [0.4, 0.5) is 0 Å². The summed E-state index contributed by atoms with van der Waals surface area (Å²) in [6, 6.07) is 0. The third-order valence-electron chi connectivity index (χ3n) is 4.70. The van der Waals surface area contributed by atoms with Crippen molar-refractivity contribution >= 4 is 8.32 Å². The molecule has 2 aliphatic rings. The van der Waals surface area contributed by atoms with Gasteiger partial charge >= 0.3 is 0 Å². The van der Waals surface area contributed by atoms with Gasteiger partial charge in [0.05, 0.1) is 6.61 Å². The van der Waals surface area contributed by atoms with Crippen LogP contribution in [0.2, 0.25) is 18.1 Å². The Kier molecular flexibility index (Phi) is 4.93. The minimum Gasteiger partial charge on any atom is -0.408 e. The van der Waals surface area contributed by atoms with E-state index >= 15 is 0 Å². The Bertz CT molecular complexity index is 427. The quantitative estimate of drug-likeness (QED) is 0.634. The van der Waals surface area contributed by atoms with Crippen molar-refractivity contribution in [3.05, 3.63) is 12.2 Å². The summed E-state index contributed by atoms with van der Waals surface area (Å²) in [5, 5.41) is 9.13. The van der Waals surface area contributed by atoms with Crippen molar-refractivity contribution in [3.63, 3.8) is 0 Å². The van der Waals surface area contributed by atoms with E-state index in [1.54, 1.807) is 6.08 Å². The molecular weight excluding hydrogens is 300 g/mol. The summed E-state index contributed by atoms with van der Waals surface area (Å²) >= 11 is 0. The van der Waals surface area contributed by atoms with Crippen LogP contribution in [0.15, 0.2) is 12.2 Å². The van der Waals surface area contributed by atoms with Crippen LogP contribution in [0.3, 0.4) is 0 Å². The Balaban J connectivity index is 2.21. The van der Waals surface area contributed by atoms with Crippen LogP contribution in [-0.2, 0) is 18.6 Å². The molecule has 5 nitrogen and oxygen atoms in total. The van der Waals surface area contributed by atoms with Gasteiger partial charge < -0.3 is 23.7 Å². The Morgan fingerprint density at radius 2 is 1.86 bits per heavy atom. The largest absolute Gasteiger partial charge is 0.408 e. The van der Waals surface area contributed by atoms with Crippen LogP contribution in [0.5, 0.6) is 0 Å². The van der Waals surface area contributed by atoms with Crippen LogP contribution in [0, 0.1) is 0 Å². The van der Waals surface area contributed by atoms with Gasteiger partial charge in [0.2, 0.25) is 0 Å². The molecule has 0 spiro atoms. The molecule has 0 aliphatic carbocycles. The molecule has 2 fully saturated rings. The molecule has 2 heterocycles. The van der Waals surface area contributed by atoms with Gasteiger partial charge in [0.15, 0.2) is 20.4 Å². The number of hydrogen-bond acceptors (Lipinski definition) is 5. The molecule has 6 heteroatoms. The van der Waals surface area contributed by atoms with E-state index in [2.05, 4.69) is 33.9 Å². The maximum atomic E-state index is 9.02. The van der Waals surface area contributed by atoms with Gasteiger partial charge in [0.25, 0.3) is 0 Å². The van der Waals surface area contributed by atoms with Crippen molar-refractivity contribution < 1.29 is 23.7 Å². The van der Waals surface area contributed by atoms with Crippen molar-refractivity contribution in [1.82, 2.24) is 0 Å². The topological polar surface area (TPSA) is 57.2 Å². The van der Waals surface area contributed by atoms with E-state index < -0.39 is 20.4 Å². The molecule has 2 aliphatic heterocycles. The van der Waals surface area contributed by atoms with Gasteiger partial charge in [-0.25, -0.2) is 0 Å². The highest BCUT2D eigenvalue weighted by molar-refractivity contribution is 6.74. The van der Waals surface area contributed by atoms with Crippen LogP contribution in [0.1, 0.15) is 34.6 Å². The van der Waals surface area contributed by atoms with Gasteiger partial charge in [-0.2, -0.15) is 0 Å². The molecule has 0 saturated carbocycles. The molecule has 4 atom stereocenters. The zero-order valence-electron chi connectivity index (χ0n) is 14.8. The highest BCUT2D eigenvalue weighted by Gasteiger charge is 2.56. The zero-order chi connectivity index (χ0) is 16.8. The molecule has 0 aromatic rings. The van der Waals surface area contributed by atoms with Gasteiger partial charge in [0, 0.05) is 0 Å². The van der Waals surface area contributed by atoms with Gasteiger partial charge in [-0.3, -0.25) is 0 Å². The molecule has 0 aromatic carbocycles. The third kappa shape index (κ3) is 3.63. The van der Waals surface area contributed by atoms with E-state index in [-0.39, 0.29) is 30.0 Å². The standard InChI is InChI=1S/C16H30O5Si/c1-15(2,3)22(6,7)21-12-11(9-8-10-17)18-14-13(12)19-16(4,5)20-14/h8-9,11-14,17H,10H2,1-7H3/b9-8-/t11-,12+,13-,14-/m1/s1. The smallest absolute Gasteiger partial charge is 0.192 e. The summed E-state index contributed by atoms with van der Waals surface area (Å²) in [6.07, 6.45) is 2.40. The maximum Gasteiger partial charge on any atom is 0.192 e. The molecule has 2 saturated heterocycles. The minimum atomic E-state index is -1.97. The van der Waals surface area contributed by atoms with Crippen molar-refractivity contribution in [1.29, 1.82) is 0 Å². The van der Waals surface area contributed by atoms with Crippen molar-refractivity contribution in [3.8, 4) is 0 Å². The maximum absolute atomic E-state index is 9.02. The van der Waals surface area contributed by atoms with Crippen LogP contribution >= 0.6 is 0 Å². The zero-order valence-corrected chi connectivity index (χ0v) is 15.8. The lowest BCUT2D eigenvalue weighted by Gasteiger charge is -2.40. The number of hydrogen-bond donors (Lipinski definition) is 1. The van der Waals surface area contributed by atoms with Crippen molar-refractivity contribution in [2.75, 3.05) is 6.61 Å². The molecule has 0 bridgehead atoms. The predicted octanol–water partition coefficient (Wildman–Crippen LogP) is 2.80. The summed E-state index contributed by atoms with van der Waals surface area (Å²) in [7, 11) is -1.97. The monoisotopic (exact) mass is 330 g/mol. The normalized spacial score (nSPS) is 35.3. The second kappa shape index (κ2) is 6.00. The highest BCUT2D eigenvalue weighted by atomic mass is 28.4. The average Bonchev–Trinajstić information content (AvgIpc) is 2.79. The second-order valence-electron chi connectivity index (χ2n) is 8.02. The van der Waals surface area contributed by atoms with Crippen molar-refractivity contribution in [2.45, 2.75) is 83.1 Å². The lowest BCUT2D eigenvalue weighted by molar-refractivity contribution is -0.208. The Morgan fingerprint density at radius 1 is 1.23 bits per heavy atom. The summed E-state index contributed by atoms with van der Waals surface area (Å²) < 4.78 is 24.3. The van der Waals surface area contributed by atoms with E-state index in [1.165, 1.54) is 0 Å². The fourth-order valence-electron chi connectivity index (χ4n) is 2.51. The lowest BCUT2D eigenvalue weighted by Crippen LogP contribution is -2.49. The SMILES string of the molecule is CC1(C)O[C@H]2O[C@H](/C=C\CO)[C@H](O[Si](C)(C)C(C)(C)C)[C@H]2O1. The summed E-state index contributed by atoms with van der Waals surface area (Å²) in [5.41, 5.74) is 0. The minimum absolute atomic E-state index is 0.0186. The number of aliphatic hydroxyl groups is 1. The predicted molar refractivity (Wildman–Crippen MR) is 87.0 cm³/mol. The van der Waals surface area contributed by atoms with E-state index in [4.69, 9.17) is 23.7 Å². The number of rotatable bonds is 4. The molecule has 22 heavy (non-hydrogen) atoms. The summed E-state index contributed by atoms with van der Waals surface area (Å²) in [5.74, 6) is -0.657. The highest BCUT2D eigenvalue weighted by Crippen LogP contribution is 2.44. The van der Waals surface area contributed by atoms with Crippen molar-refractivity contribution in [2.24, 2.45) is 0 Å². The third-order valence-corrected chi connectivity index (χ3v) is 9.17. The summed E-state index contributed by atoms with van der Waals surface area (Å²) in [4.78, 5) is 0. The number of aliphatic hydroxyl groups excluding tert-OH is 1. The Labute approximate surface area is 134 Å². The van der Waals surface area contributed by atoms with E-state index in [0.717, 1.165) is 0 Å². The number of ether oxygens (including phenoxy) is 3. The first-order chi connectivity index (χ1) is 9.97. The molecule has 128 valence electrons. The molecule has 2 rings (SSSR count). The molecule has 0 radical (unpaired) electrons. The van der Waals surface area contributed by atoms with E-state index in [1.807, 2.05) is 19.9 Å². The first kappa shape index (κ1) is 18.1. The Hall–Kier alpha value is -0.243. The van der Waals surface area contributed by atoms with Crippen LogP contribution < -0.4 is 0 Å². The van der Waals surface area contributed by atoms with Gasteiger partial charge in [0.1, 0.15) is 18.3 Å². The fraction of sp³-hybridized carbons (Fsp3) is 0.875. The van der Waals surface area contributed by atoms with Crippen LogP contribution in [0.25, 0.3) is 0 Å². The average molecular weight is 330 g/mol. The molecule has 0 amide bonds. The number of fused-ring (bicyclic) bond motifs is 1. The van der Waals surface area contributed by atoms with Crippen LogP contribution in [-0.4, -0.2) is 50.4 Å². The molecular formula is C16H30O5Si. The first-order valence-corrected chi connectivity index (χ1v) is 10.8. The molecule has 1 N–H and O–H groups in total. The summed E-state index contributed by atoms with van der Waals surface area (Å²) in [6.45, 7) is 14.8. The van der Waals surface area contributed by atoms with Gasteiger partial charge in [-0.1, -0.05) is 32.9 Å². The Morgan fingerprint density at radius 3 is 2.41 bits per heavy atom. The fourth-order valence-corrected chi connectivity index (χ4v) is 3.81. The van der Waals surface area contributed by atoms with Gasteiger partial charge in [-0.15, -0.1) is 0 Å². The molecule has 0 aromatic heterocycles. The lowest BCUT2D eigenvalue weighted by atomic mass is 10.1. The first-order valence-electron chi connectivity index (χ1n) is 7.93. The second-order valence-corrected chi connectivity index (χ2v) is 12.8. The molecule has 0 unspecified atom stereocenters. The van der Waals surface area contributed by atoms with Gasteiger partial charge in [-0.05, 0) is 32.0 Å².